The zero-order chi connectivity index (χ0) is 15.2. The molecule has 6 heteroatoms. The highest BCUT2D eigenvalue weighted by atomic mass is 19.1. The number of anilines is 1. The van der Waals surface area contributed by atoms with Crippen molar-refractivity contribution < 1.29 is 19.1 Å². The van der Waals surface area contributed by atoms with E-state index < -0.39 is 23.4 Å². The van der Waals surface area contributed by atoms with Crippen LogP contribution in [0.3, 0.4) is 0 Å². The van der Waals surface area contributed by atoms with Gasteiger partial charge in [0, 0.05) is 12.2 Å². The lowest BCUT2D eigenvalue weighted by Crippen LogP contribution is -2.29. The molecule has 0 atom stereocenters. The van der Waals surface area contributed by atoms with E-state index in [1.54, 1.807) is 0 Å². The summed E-state index contributed by atoms with van der Waals surface area (Å²) in [6, 6.07) is 3.00. The Morgan fingerprint density at radius 2 is 2.14 bits per heavy atom. The third-order valence-corrected chi connectivity index (χ3v) is 3.32. The number of rotatable bonds is 5. The largest absolute Gasteiger partial charge is 0.478 e. The molecule has 5 nitrogen and oxygen atoms in total. The van der Waals surface area contributed by atoms with Gasteiger partial charge in [0.15, 0.2) is 0 Å². The minimum absolute atomic E-state index is 0.242. The fraction of sp³-hybridized carbons (Fsp3) is 0.333. The van der Waals surface area contributed by atoms with Crippen LogP contribution in [0, 0.1) is 5.82 Å². The Morgan fingerprint density at radius 1 is 1.33 bits per heavy atom. The molecule has 2 amide bonds. The van der Waals surface area contributed by atoms with Crippen LogP contribution >= 0.6 is 0 Å². The summed E-state index contributed by atoms with van der Waals surface area (Å²) in [7, 11) is 0. The highest BCUT2D eigenvalue weighted by molar-refractivity contribution is 5.93. The van der Waals surface area contributed by atoms with Gasteiger partial charge in [-0.2, -0.15) is 0 Å². The maximum atomic E-state index is 13.2. The predicted octanol–water partition coefficient (Wildman–Crippen LogP) is 3.15. The number of amides is 2. The van der Waals surface area contributed by atoms with Gasteiger partial charge in [0.1, 0.15) is 5.82 Å². The van der Waals surface area contributed by atoms with Crippen molar-refractivity contribution in [2.75, 3.05) is 11.9 Å². The Hall–Kier alpha value is -2.37. The fourth-order valence-corrected chi connectivity index (χ4v) is 2.24. The van der Waals surface area contributed by atoms with E-state index in [0.717, 1.165) is 31.4 Å². The van der Waals surface area contributed by atoms with E-state index in [9.17, 15) is 14.0 Å². The normalized spacial score (nSPS) is 13.7. The Labute approximate surface area is 121 Å². The van der Waals surface area contributed by atoms with Crippen LogP contribution in [0.2, 0.25) is 0 Å². The first kappa shape index (κ1) is 15.0. The zero-order valence-electron chi connectivity index (χ0n) is 11.5. The third kappa shape index (κ3) is 4.30. The summed E-state index contributed by atoms with van der Waals surface area (Å²) >= 11 is 0. The summed E-state index contributed by atoms with van der Waals surface area (Å²) in [6.07, 6.45) is 6.38. The summed E-state index contributed by atoms with van der Waals surface area (Å²) in [5, 5.41) is 14.0. The topological polar surface area (TPSA) is 78.4 Å². The van der Waals surface area contributed by atoms with Crippen molar-refractivity contribution in [1.82, 2.24) is 5.32 Å². The summed E-state index contributed by atoms with van der Waals surface area (Å²) in [6.45, 7) is 0.519. The first-order valence-electron chi connectivity index (χ1n) is 6.82. The molecule has 1 aromatic carbocycles. The fourth-order valence-electron chi connectivity index (χ4n) is 2.24. The Bertz CT molecular complexity index is 584. The molecule has 0 aromatic heterocycles. The average molecular weight is 292 g/mol. The molecule has 0 heterocycles. The lowest BCUT2D eigenvalue weighted by atomic mass is 10.2. The zero-order valence-corrected chi connectivity index (χ0v) is 11.5. The molecule has 0 radical (unpaired) electrons. The summed E-state index contributed by atoms with van der Waals surface area (Å²) in [5.74, 6) is -2.20. The number of hydrogen-bond donors (Lipinski definition) is 3. The molecular weight excluding hydrogens is 275 g/mol. The highest BCUT2D eigenvalue weighted by Gasteiger charge is 2.12. The number of halogens is 1. The van der Waals surface area contributed by atoms with Crippen LogP contribution in [0.1, 0.15) is 36.0 Å². The molecule has 0 spiro atoms. The quantitative estimate of drug-likeness (QED) is 0.729. The monoisotopic (exact) mass is 292 g/mol. The van der Waals surface area contributed by atoms with Crippen molar-refractivity contribution in [2.24, 2.45) is 0 Å². The van der Waals surface area contributed by atoms with Gasteiger partial charge in [-0.3, -0.25) is 0 Å². The standard InChI is InChI=1S/C15H17FN2O3/c16-13-6-5-11(9-12(13)14(19)20)18-15(21)17-8-7-10-3-1-2-4-10/h3,5-6,9H,1-2,4,7-8H2,(H,19,20)(H2,17,18,21). The molecule has 0 saturated carbocycles. The summed E-state index contributed by atoms with van der Waals surface area (Å²) in [4.78, 5) is 22.5. The molecule has 0 unspecified atom stereocenters. The summed E-state index contributed by atoms with van der Waals surface area (Å²) < 4.78 is 13.2. The van der Waals surface area contributed by atoms with Gasteiger partial charge >= 0.3 is 12.0 Å². The van der Waals surface area contributed by atoms with Crippen LogP contribution in [-0.2, 0) is 0 Å². The van der Waals surface area contributed by atoms with Crippen LogP contribution < -0.4 is 10.6 Å². The number of nitrogens with one attached hydrogen (secondary N) is 2. The molecular formula is C15H17FN2O3. The number of hydrogen-bond acceptors (Lipinski definition) is 2. The van der Waals surface area contributed by atoms with E-state index in [1.807, 2.05) is 0 Å². The van der Waals surface area contributed by atoms with Crippen molar-refractivity contribution in [3.63, 3.8) is 0 Å². The third-order valence-electron chi connectivity index (χ3n) is 3.32. The maximum absolute atomic E-state index is 13.2. The Balaban J connectivity index is 1.84. The van der Waals surface area contributed by atoms with Gasteiger partial charge < -0.3 is 15.7 Å². The van der Waals surface area contributed by atoms with Crippen LogP contribution in [0.4, 0.5) is 14.9 Å². The minimum Gasteiger partial charge on any atom is -0.478 e. The number of allylic oxidation sites excluding steroid dienone is 1. The number of carbonyl (C=O) groups excluding carboxylic acids is 1. The molecule has 0 saturated heterocycles. The maximum Gasteiger partial charge on any atom is 0.338 e. The van der Waals surface area contributed by atoms with Gasteiger partial charge in [-0.1, -0.05) is 11.6 Å². The first-order valence-corrected chi connectivity index (χ1v) is 6.82. The van der Waals surface area contributed by atoms with Crippen molar-refractivity contribution in [1.29, 1.82) is 0 Å². The molecule has 3 N–H and O–H groups in total. The van der Waals surface area contributed by atoms with E-state index in [2.05, 4.69) is 16.7 Å². The van der Waals surface area contributed by atoms with Crippen LogP contribution in [-0.4, -0.2) is 23.7 Å². The van der Waals surface area contributed by atoms with Crippen LogP contribution in [0.5, 0.6) is 0 Å². The van der Waals surface area contributed by atoms with E-state index in [4.69, 9.17) is 5.11 Å². The van der Waals surface area contributed by atoms with Gasteiger partial charge in [-0.25, -0.2) is 14.0 Å². The predicted molar refractivity (Wildman–Crippen MR) is 76.9 cm³/mol. The lowest BCUT2D eigenvalue weighted by molar-refractivity contribution is 0.0692. The second kappa shape index (κ2) is 6.88. The summed E-state index contributed by atoms with van der Waals surface area (Å²) in [5.41, 5.74) is 1.13. The van der Waals surface area contributed by atoms with E-state index in [-0.39, 0.29) is 5.69 Å². The van der Waals surface area contributed by atoms with Gasteiger partial charge in [0.05, 0.1) is 5.56 Å². The number of urea groups is 1. The number of carboxylic acids is 1. The number of aromatic carboxylic acids is 1. The molecule has 0 bridgehead atoms. The Kier molecular flexibility index (Phi) is 4.92. The molecule has 2 rings (SSSR count). The molecule has 1 aliphatic carbocycles. The Morgan fingerprint density at radius 3 is 2.81 bits per heavy atom. The van der Waals surface area contributed by atoms with Gasteiger partial charge in [-0.15, -0.1) is 0 Å². The smallest absolute Gasteiger partial charge is 0.338 e. The number of benzene rings is 1. The van der Waals surface area contributed by atoms with Gasteiger partial charge in [0.25, 0.3) is 0 Å². The van der Waals surface area contributed by atoms with Crippen LogP contribution in [0.15, 0.2) is 29.8 Å². The van der Waals surface area contributed by atoms with Gasteiger partial charge in [-0.05, 0) is 43.9 Å². The van der Waals surface area contributed by atoms with Crippen molar-refractivity contribution in [2.45, 2.75) is 25.7 Å². The molecule has 21 heavy (non-hydrogen) atoms. The second-order valence-corrected chi connectivity index (χ2v) is 4.89. The van der Waals surface area contributed by atoms with E-state index in [1.165, 1.54) is 18.1 Å². The van der Waals surface area contributed by atoms with Crippen LogP contribution in [0.25, 0.3) is 0 Å². The molecule has 0 aliphatic heterocycles. The molecule has 112 valence electrons. The highest BCUT2D eigenvalue weighted by Crippen LogP contribution is 2.19. The number of carboxylic acid groups (broad SMARTS) is 1. The molecule has 0 fully saturated rings. The van der Waals surface area contributed by atoms with Gasteiger partial charge in [0.2, 0.25) is 0 Å². The first-order chi connectivity index (χ1) is 10.1. The van der Waals surface area contributed by atoms with E-state index in [0.29, 0.717) is 6.54 Å². The average Bonchev–Trinajstić information content (AvgIpc) is 2.94. The SMILES string of the molecule is O=C(NCCC1=CCCC1)Nc1ccc(F)c(C(=O)O)c1. The van der Waals surface area contributed by atoms with Crippen molar-refractivity contribution in [3.05, 3.63) is 41.2 Å². The van der Waals surface area contributed by atoms with Crippen molar-refractivity contribution >= 4 is 17.7 Å². The minimum atomic E-state index is -1.37. The lowest BCUT2D eigenvalue weighted by Gasteiger charge is -2.09. The number of carbonyl (C=O) groups is 2. The second-order valence-electron chi connectivity index (χ2n) is 4.89. The van der Waals surface area contributed by atoms with E-state index >= 15 is 0 Å². The van der Waals surface area contributed by atoms with Crippen molar-refractivity contribution in [3.8, 4) is 0 Å². The molecule has 1 aromatic rings. The molecule has 1 aliphatic rings.